The van der Waals surface area contributed by atoms with Crippen molar-refractivity contribution < 1.29 is 75.8 Å². The average Bonchev–Trinajstić information content (AvgIpc) is 0.902. The second kappa shape index (κ2) is 82.9. The van der Waals surface area contributed by atoms with E-state index in [9.17, 15) is 43.5 Å². The number of hydrogen-bond acceptors (Lipinski definition) is 14. The third kappa shape index (κ3) is 84.2. The zero-order chi connectivity index (χ0) is 79.4. The zero-order valence-corrected chi connectivity index (χ0v) is 70.5. The summed E-state index contributed by atoms with van der Waals surface area (Å²) in [5, 5.41) is 20.7. The maximum atomic E-state index is 13.0. The Balaban J connectivity index is 4.54. The van der Waals surface area contributed by atoms with Crippen LogP contribution in [0.3, 0.4) is 0 Å². The SMILES string of the molecule is CC/C=C\C/C=C\C/C=C\C/C=C\C/C=C\CCCCCCCCCCCCCCCCCC(=O)OCC(O)COP(=O)(O)OCC(O)COP(=O)(O)OCC(COC(=O)CCCCCCCCCCC/C=C\C/C=C\C/C=C\C/C=C\CCCCC)OC(=O)CCCCCCCCC/C=C\C/C=C\C/C=C\CC. The minimum atomic E-state index is -4.94. The molecule has 4 N–H and O–H groups in total. The van der Waals surface area contributed by atoms with E-state index in [0.717, 1.165) is 167 Å². The number of aliphatic hydroxyl groups excluding tert-OH is 2. The number of hydrogen-bond donors (Lipinski definition) is 4. The normalized spacial score (nSPS) is 14.6. The molecule has 0 saturated heterocycles. The number of aliphatic hydroxyl groups is 2. The third-order valence-corrected chi connectivity index (χ3v) is 19.9. The summed E-state index contributed by atoms with van der Waals surface area (Å²) >= 11 is 0. The molecule has 0 aromatic carbocycles. The van der Waals surface area contributed by atoms with Gasteiger partial charge in [-0.2, -0.15) is 0 Å². The van der Waals surface area contributed by atoms with Crippen molar-refractivity contribution in [1.29, 1.82) is 0 Å². The maximum Gasteiger partial charge on any atom is 0.472 e. The molecule has 0 heterocycles. The molecule has 626 valence electrons. The molecule has 0 bridgehead atoms. The molecular formula is C91H156O16P2. The van der Waals surface area contributed by atoms with E-state index in [1.807, 2.05) is 0 Å². The second-order valence-electron chi connectivity index (χ2n) is 28.6. The largest absolute Gasteiger partial charge is 0.472 e. The van der Waals surface area contributed by atoms with E-state index >= 15 is 0 Å². The van der Waals surface area contributed by atoms with Crippen molar-refractivity contribution in [2.75, 3.05) is 39.6 Å². The molecule has 0 aromatic heterocycles. The molecule has 5 atom stereocenters. The standard InChI is InChI=1S/C91H156O16P2/c1-4-7-10-13-16-19-22-25-28-31-33-35-37-39-40-41-42-43-44-46-48-49-51-54-56-59-62-65-68-71-74-77-89(94)101-80-86(92)81-103-108(97,98)104-82-87(93)83-105-109(99,100)106-85-88(107-91(96)79-76-73-70-67-64-61-58-53-30-27-24-21-18-15-12-9-6-3)84-102-90(95)78-75-72-69-66-63-60-57-55-52-50-47-45-38-36-34-32-29-26-23-20-17-14-11-8-5-2/h7,9-10,12,16-21,25-30,33-36,39-40,45,47,86-88,92-93H,4-6,8,11,13-15,22-24,31-32,37-38,41-44,46,48-85H2,1-3H3,(H,97,98)(H,99,100)/b10-7-,12-9-,19-16-,20-17-,21-18-,28-25-,29-26-,30-27-,35-33-,36-34-,40-39-,47-45-. The van der Waals surface area contributed by atoms with Crippen molar-refractivity contribution in [3.05, 3.63) is 146 Å². The van der Waals surface area contributed by atoms with E-state index in [2.05, 4.69) is 167 Å². The fourth-order valence-electron chi connectivity index (χ4n) is 11.5. The van der Waals surface area contributed by atoms with Crippen LogP contribution in [0, 0.1) is 0 Å². The van der Waals surface area contributed by atoms with Gasteiger partial charge in [-0.15, -0.1) is 0 Å². The summed E-state index contributed by atoms with van der Waals surface area (Å²) in [5.74, 6) is -1.59. The summed E-state index contributed by atoms with van der Waals surface area (Å²) < 4.78 is 61.3. The lowest BCUT2D eigenvalue weighted by molar-refractivity contribution is -0.161. The van der Waals surface area contributed by atoms with Crippen LogP contribution in [-0.2, 0) is 55.8 Å². The van der Waals surface area contributed by atoms with Gasteiger partial charge < -0.3 is 34.2 Å². The van der Waals surface area contributed by atoms with Crippen molar-refractivity contribution in [2.24, 2.45) is 0 Å². The van der Waals surface area contributed by atoms with E-state index in [1.54, 1.807) is 0 Å². The van der Waals surface area contributed by atoms with Crippen molar-refractivity contribution in [1.82, 2.24) is 0 Å². The van der Waals surface area contributed by atoms with Gasteiger partial charge in [0, 0.05) is 19.3 Å². The number of phosphoric acid groups is 2. The summed E-state index contributed by atoms with van der Waals surface area (Å²) in [7, 11) is -9.80. The van der Waals surface area contributed by atoms with Gasteiger partial charge in [-0.05, 0) is 141 Å². The van der Waals surface area contributed by atoms with Gasteiger partial charge in [-0.25, -0.2) is 9.13 Å². The molecule has 0 radical (unpaired) electrons. The van der Waals surface area contributed by atoms with Gasteiger partial charge in [0.25, 0.3) is 0 Å². The highest BCUT2D eigenvalue weighted by Crippen LogP contribution is 2.45. The molecule has 0 saturated carbocycles. The fraction of sp³-hybridized carbons (Fsp3) is 0.703. The van der Waals surface area contributed by atoms with Crippen LogP contribution in [0.5, 0.6) is 0 Å². The molecule has 0 rings (SSSR count). The number of ether oxygens (including phenoxy) is 3. The Kier molecular flexibility index (Phi) is 79.4. The van der Waals surface area contributed by atoms with Gasteiger partial charge in [-0.1, -0.05) is 340 Å². The minimum Gasteiger partial charge on any atom is -0.463 e. The zero-order valence-electron chi connectivity index (χ0n) is 68.7. The van der Waals surface area contributed by atoms with Crippen LogP contribution in [0.1, 0.15) is 355 Å². The van der Waals surface area contributed by atoms with Gasteiger partial charge in [0.05, 0.1) is 26.4 Å². The molecule has 0 aliphatic rings. The Morgan fingerprint density at radius 1 is 0.266 bits per heavy atom. The third-order valence-electron chi connectivity index (χ3n) is 18.0. The Bertz CT molecular complexity index is 2560. The minimum absolute atomic E-state index is 0.0894. The maximum absolute atomic E-state index is 13.0. The number of rotatable bonds is 81. The first-order valence-electron chi connectivity index (χ1n) is 43.1. The van der Waals surface area contributed by atoms with Crippen molar-refractivity contribution in [3.63, 3.8) is 0 Å². The molecule has 16 nitrogen and oxygen atoms in total. The molecule has 0 spiro atoms. The molecule has 109 heavy (non-hydrogen) atoms. The summed E-state index contributed by atoms with van der Waals surface area (Å²) in [6, 6.07) is 0. The first kappa shape index (κ1) is 104. The average molecular weight is 1570 g/mol. The van der Waals surface area contributed by atoms with Crippen molar-refractivity contribution >= 4 is 33.6 Å². The number of esters is 3. The Hall–Kier alpha value is -4.57. The fourth-order valence-corrected chi connectivity index (χ4v) is 13.1. The van der Waals surface area contributed by atoms with E-state index in [-0.39, 0.29) is 19.3 Å². The predicted octanol–water partition coefficient (Wildman–Crippen LogP) is 26.0. The second-order valence-corrected chi connectivity index (χ2v) is 31.5. The van der Waals surface area contributed by atoms with E-state index < -0.39 is 91.5 Å². The first-order valence-corrected chi connectivity index (χ1v) is 46.1. The number of carbonyl (C=O) groups is 3. The van der Waals surface area contributed by atoms with Crippen LogP contribution in [0.4, 0.5) is 0 Å². The molecule has 0 fully saturated rings. The van der Waals surface area contributed by atoms with Crippen LogP contribution in [0.15, 0.2) is 146 Å². The Morgan fingerprint density at radius 2 is 0.486 bits per heavy atom. The summed E-state index contributed by atoms with van der Waals surface area (Å²) in [5.41, 5.74) is 0. The molecule has 5 unspecified atom stereocenters. The first-order chi connectivity index (χ1) is 53.2. The Morgan fingerprint density at radius 3 is 0.771 bits per heavy atom. The smallest absolute Gasteiger partial charge is 0.463 e. The molecular weight excluding hydrogens is 1410 g/mol. The van der Waals surface area contributed by atoms with Crippen LogP contribution in [0.25, 0.3) is 0 Å². The highest BCUT2D eigenvalue weighted by atomic mass is 31.2. The summed E-state index contributed by atoms with van der Waals surface area (Å²) in [6.07, 6.45) is 103. The van der Waals surface area contributed by atoms with Crippen molar-refractivity contribution in [3.8, 4) is 0 Å². The van der Waals surface area contributed by atoms with Crippen LogP contribution in [0.2, 0.25) is 0 Å². The lowest BCUT2D eigenvalue weighted by Crippen LogP contribution is -2.30. The number of phosphoric ester groups is 2. The monoisotopic (exact) mass is 1570 g/mol. The van der Waals surface area contributed by atoms with E-state index in [1.165, 1.54) is 128 Å². The van der Waals surface area contributed by atoms with Crippen molar-refractivity contribution in [2.45, 2.75) is 373 Å². The predicted molar refractivity (Wildman–Crippen MR) is 454 cm³/mol. The van der Waals surface area contributed by atoms with Gasteiger partial charge >= 0.3 is 33.6 Å². The topological polar surface area (TPSA) is 231 Å². The summed E-state index contributed by atoms with van der Waals surface area (Å²) in [4.78, 5) is 58.8. The van der Waals surface area contributed by atoms with Crippen LogP contribution >= 0.6 is 15.6 Å². The van der Waals surface area contributed by atoms with Crippen LogP contribution in [-0.4, -0.2) is 95.9 Å². The van der Waals surface area contributed by atoms with Crippen LogP contribution < -0.4 is 0 Å². The molecule has 0 aliphatic carbocycles. The van der Waals surface area contributed by atoms with E-state index in [4.69, 9.17) is 32.3 Å². The van der Waals surface area contributed by atoms with Gasteiger partial charge in [0.15, 0.2) is 6.10 Å². The number of unbranched alkanes of at least 4 members (excludes halogenated alkanes) is 34. The number of carbonyl (C=O) groups excluding carboxylic acids is 3. The molecule has 0 aromatic rings. The van der Waals surface area contributed by atoms with E-state index in [0.29, 0.717) is 19.3 Å². The quantitative estimate of drug-likeness (QED) is 0.0146. The Labute approximate surface area is 664 Å². The van der Waals surface area contributed by atoms with Gasteiger partial charge in [0.1, 0.15) is 25.4 Å². The molecule has 18 heteroatoms. The highest BCUT2D eigenvalue weighted by Gasteiger charge is 2.29. The van der Waals surface area contributed by atoms with Gasteiger partial charge in [-0.3, -0.25) is 32.5 Å². The van der Waals surface area contributed by atoms with Gasteiger partial charge in [0.2, 0.25) is 0 Å². The lowest BCUT2D eigenvalue weighted by atomic mass is 10.0. The number of allylic oxidation sites excluding steroid dienone is 24. The molecule has 0 aliphatic heterocycles. The summed E-state index contributed by atoms with van der Waals surface area (Å²) in [6.45, 7) is 2.45. The molecule has 0 amide bonds. The highest BCUT2D eigenvalue weighted by molar-refractivity contribution is 7.47. The lowest BCUT2D eigenvalue weighted by Gasteiger charge is -2.21.